The van der Waals surface area contributed by atoms with E-state index in [0.29, 0.717) is 17.4 Å². The Morgan fingerprint density at radius 1 is 0.714 bits per heavy atom. The van der Waals surface area contributed by atoms with Crippen molar-refractivity contribution in [2.24, 2.45) is 0 Å². The fraction of sp³-hybridized carbons (Fsp3) is 0.875. The summed E-state index contributed by atoms with van der Waals surface area (Å²) in [7, 11) is 1.47. The third-order valence-electron chi connectivity index (χ3n) is 6.80. The molecule has 2 atom stereocenters. The molecule has 0 aromatic rings. The van der Waals surface area contributed by atoms with Crippen molar-refractivity contribution < 1.29 is 42.1 Å². The van der Waals surface area contributed by atoms with Gasteiger partial charge in [0, 0.05) is 12.8 Å². The molecule has 0 aliphatic carbocycles. The lowest BCUT2D eigenvalue weighted by Gasteiger charge is -2.24. The van der Waals surface area contributed by atoms with Crippen molar-refractivity contribution in [1.29, 1.82) is 0 Å². The SMILES string of the molecule is CCCCC/C=C\CCCCCCCC(=O)O[C@@H](COC(=O)CCCCCCCC)COP(=O)(O)OCC[N+](C)(C)C. The Kier molecular flexibility index (Phi) is 25.4. The van der Waals surface area contributed by atoms with Crippen LogP contribution < -0.4 is 0 Å². The average molecular weight is 621 g/mol. The summed E-state index contributed by atoms with van der Waals surface area (Å²) >= 11 is 0. The Balaban J connectivity index is 4.50. The van der Waals surface area contributed by atoms with Crippen LogP contribution in [0.25, 0.3) is 0 Å². The Hall–Kier alpha value is -1.25. The summed E-state index contributed by atoms with van der Waals surface area (Å²) in [5.41, 5.74) is 0. The summed E-state index contributed by atoms with van der Waals surface area (Å²) < 4.78 is 33.8. The molecule has 0 radical (unpaired) electrons. The highest BCUT2D eigenvalue weighted by Gasteiger charge is 2.27. The van der Waals surface area contributed by atoms with Gasteiger partial charge in [-0.3, -0.25) is 18.6 Å². The molecule has 0 spiro atoms. The smallest absolute Gasteiger partial charge is 0.462 e. The van der Waals surface area contributed by atoms with Gasteiger partial charge in [-0.05, 0) is 38.5 Å². The minimum absolute atomic E-state index is 0.0320. The number of likely N-dealkylation sites (N-methyl/N-ethyl adjacent to an activating group) is 1. The molecule has 0 aliphatic heterocycles. The number of rotatable bonds is 29. The normalized spacial score (nSPS) is 14.1. The second-order valence-corrected chi connectivity index (χ2v) is 13.7. The van der Waals surface area contributed by atoms with Crippen molar-refractivity contribution >= 4 is 19.8 Å². The zero-order valence-electron chi connectivity index (χ0n) is 27.5. The van der Waals surface area contributed by atoms with Gasteiger partial charge in [-0.15, -0.1) is 0 Å². The molecule has 1 N–H and O–H groups in total. The molecule has 0 rings (SSSR count). The Morgan fingerprint density at radius 3 is 1.81 bits per heavy atom. The number of phosphoric ester groups is 1. The van der Waals surface area contributed by atoms with Crippen molar-refractivity contribution in [3.63, 3.8) is 0 Å². The van der Waals surface area contributed by atoms with E-state index in [0.717, 1.165) is 57.8 Å². The third kappa shape index (κ3) is 28.9. The van der Waals surface area contributed by atoms with E-state index in [-0.39, 0.29) is 32.0 Å². The van der Waals surface area contributed by atoms with Crippen molar-refractivity contribution in [2.75, 3.05) is 47.5 Å². The van der Waals surface area contributed by atoms with E-state index < -0.39 is 26.5 Å². The monoisotopic (exact) mass is 620 g/mol. The highest BCUT2D eigenvalue weighted by molar-refractivity contribution is 7.47. The van der Waals surface area contributed by atoms with Crippen LogP contribution in [-0.2, 0) is 32.7 Å². The molecule has 1 unspecified atom stereocenters. The molecule has 0 amide bonds. The molecule has 248 valence electrons. The standard InChI is InChI=1S/C32H62NO8P/c1-6-8-10-12-14-15-16-17-18-19-21-23-25-32(35)41-30(28-38-31(34)24-22-20-13-11-9-7-2)29-40-42(36,37)39-27-26-33(3,4)5/h14-15,30H,6-13,16-29H2,1-5H3/p+1/b15-14-/t30-/m0/s1. The number of hydrogen-bond donors (Lipinski definition) is 1. The number of quaternary nitrogens is 1. The minimum atomic E-state index is -4.35. The maximum atomic E-state index is 12.5. The molecule has 0 saturated carbocycles. The number of nitrogens with zero attached hydrogens (tertiary/aromatic N) is 1. The van der Waals surface area contributed by atoms with E-state index in [4.69, 9.17) is 18.5 Å². The molecule has 42 heavy (non-hydrogen) atoms. The summed E-state index contributed by atoms with van der Waals surface area (Å²) in [6.07, 6.45) is 21.4. The molecule has 0 bridgehead atoms. The second-order valence-electron chi connectivity index (χ2n) is 12.2. The van der Waals surface area contributed by atoms with E-state index in [1.807, 2.05) is 21.1 Å². The third-order valence-corrected chi connectivity index (χ3v) is 7.78. The molecule has 0 saturated heterocycles. The molecular weight excluding hydrogens is 557 g/mol. The maximum Gasteiger partial charge on any atom is 0.472 e. The first-order chi connectivity index (χ1) is 20.0. The van der Waals surface area contributed by atoms with Crippen LogP contribution in [0, 0.1) is 0 Å². The van der Waals surface area contributed by atoms with Crippen LogP contribution in [0.1, 0.15) is 129 Å². The van der Waals surface area contributed by atoms with Crippen LogP contribution in [-0.4, -0.2) is 74.9 Å². The first-order valence-corrected chi connectivity index (χ1v) is 17.9. The summed E-state index contributed by atoms with van der Waals surface area (Å²) in [6.45, 7) is 4.29. The number of carbonyl (C=O) groups is 2. The van der Waals surface area contributed by atoms with Gasteiger partial charge in [-0.2, -0.15) is 0 Å². The first-order valence-electron chi connectivity index (χ1n) is 16.4. The van der Waals surface area contributed by atoms with Gasteiger partial charge in [-0.1, -0.05) is 90.2 Å². The number of ether oxygens (including phenoxy) is 2. The van der Waals surface area contributed by atoms with Crippen molar-refractivity contribution in [2.45, 2.75) is 136 Å². The van der Waals surface area contributed by atoms with E-state index in [1.165, 1.54) is 38.5 Å². The maximum absolute atomic E-state index is 12.5. The van der Waals surface area contributed by atoms with Gasteiger partial charge in [0.05, 0.1) is 27.7 Å². The zero-order valence-corrected chi connectivity index (χ0v) is 28.4. The largest absolute Gasteiger partial charge is 0.472 e. The fourth-order valence-corrected chi connectivity index (χ4v) is 4.86. The summed E-state index contributed by atoms with van der Waals surface area (Å²) in [6, 6.07) is 0. The number of unbranched alkanes of at least 4 members (excludes halogenated alkanes) is 13. The predicted octanol–water partition coefficient (Wildman–Crippen LogP) is 7.90. The van der Waals surface area contributed by atoms with Crippen LogP contribution in [0.2, 0.25) is 0 Å². The van der Waals surface area contributed by atoms with Crippen LogP contribution in [0.15, 0.2) is 12.2 Å². The number of phosphoric acid groups is 1. The summed E-state index contributed by atoms with van der Waals surface area (Å²) in [5.74, 6) is -0.821. The molecule has 0 fully saturated rings. The number of hydrogen-bond acceptors (Lipinski definition) is 7. The van der Waals surface area contributed by atoms with Gasteiger partial charge in [0.1, 0.15) is 19.8 Å². The average Bonchev–Trinajstić information content (AvgIpc) is 2.92. The molecule has 10 heteroatoms. The number of esters is 2. The molecular formula is C32H63NO8P+. The van der Waals surface area contributed by atoms with Crippen molar-refractivity contribution in [3.05, 3.63) is 12.2 Å². The van der Waals surface area contributed by atoms with Gasteiger partial charge >= 0.3 is 19.8 Å². The Morgan fingerprint density at radius 2 is 1.21 bits per heavy atom. The Labute approximate surface area is 256 Å². The lowest BCUT2D eigenvalue weighted by molar-refractivity contribution is -0.870. The summed E-state index contributed by atoms with van der Waals surface area (Å²) in [5, 5.41) is 0. The molecule has 0 aromatic heterocycles. The van der Waals surface area contributed by atoms with Crippen LogP contribution >= 0.6 is 7.82 Å². The quantitative estimate of drug-likeness (QED) is 0.0296. The van der Waals surface area contributed by atoms with E-state index in [2.05, 4.69) is 26.0 Å². The van der Waals surface area contributed by atoms with Gasteiger partial charge in [-0.25, -0.2) is 4.57 Å². The number of allylic oxidation sites excluding steroid dienone is 2. The van der Waals surface area contributed by atoms with Gasteiger partial charge in [0.15, 0.2) is 6.10 Å². The molecule has 9 nitrogen and oxygen atoms in total. The van der Waals surface area contributed by atoms with Crippen molar-refractivity contribution in [3.8, 4) is 0 Å². The fourth-order valence-electron chi connectivity index (χ4n) is 4.12. The highest BCUT2D eigenvalue weighted by atomic mass is 31.2. The van der Waals surface area contributed by atoms with Crippen LogP contribution in [0.3, 0.4) is 0 Å². The molecule has 0 heterocycles. The topological polar surface area (TPSA) is 108 Å². The lowest BCUT2D eigenvalue weighted by Crippen LogP contribution is -2.37. The van der Waals surface area contributed by atoms with Crippen LogP contribution in [0.4, 0.5) is 0 Å². The molecule has 0 aromatic carbocycles. The van der Waals surface area contributed by atoms with Gasteiger partial charge in [0.2, 0.25) is 0 Å². The lowest BCUT2D eigenvalue weighted by atomic mass is 10.1. The van der Waals surface area contributed by atoms with E-state index in [9.17, 15) is 19.0 Å². The van der Waals surface area contributed by atoms with E-state index in [1.54, 1.807) is 0 Å². The first kappa shape index (κ1) is 40.8. The second kappa shape index (κ2) is 26.2. The minimum Gasteiger partial charge on any atom is -0.462 e. The Bertz CT molecular complexity index is 753. The predicted molar refractivity (Wildman–Crippen MR) is 169 cm³/mol. The number of carbonyl (C=O) groups excluding carboxylic acids is 2. The van der Waals surface area contributed by atoms with Crippen LogP contribution in [0.5, 0.6) is 0 Å². The summed E-state index contributed by atoms with van der Waals surface area (Å²) in [4.78, 5) is 34.8. The highest BCUT2D eigenvalue weighted by Crippen LogP contribution is 2.43. The van der Waals surface area contributed by atoms with Crippen molar-refractivity contribution in [1.82, 2.24) is 0 Å². The molecule has 0 aliphatic rings. The van der Waals surface area contributed by atoms with Gasteiger partial charge < -0.3 is 18.9 Å². The zero-order chi connectivity index (χ0) is 31.5. The van der Waals surface area contributed by atoms with Gasteiger partial charge in [0.25, 0.3) is 0 Å². The van der Waals surface area contributed by atoms with E-state index >= 15 is 0 Å².